The van der Waals surface area contributed by atoms with Crippen molar-refractivity contribution in [2.75, 3.05) is 17.2 Å². The minimum Gasteiger partial charge on any atom is -0.397 e. The molecule has 6 aromatic heterocycles. The maximum atomic E-state index is 11.0. The molecule has 0 fully saturated rings. The van der Waals surface area contributed by atoms with Gasteiger partial charge in [0.25, 0.3) is 17.7 Å². The predicted molar refractivity (Wildman–Crippen MR) is 182 cm³/mol. The first kappa shape index (κ1) is 31.0. The van der Waals surface area contributed by atoms with E-state index in [0.717, 1.165) is 31.3 Å². The molecule has 6 heterocycles. The molecule has 0 aromatic carbocycles. The smallest absolute Gasteiger partial charge is 0.260 e. The number of carbonyl (C=O) groups is 3. The van der Waals surface area contributed by atoms with Crippen LogP contribution < -0.4 is 34.4 Å². The zero-order chi connectivity index (χ0) is 30.4. The first-order valence-corrected chi connectivity index (χ1v) is 17.0. The Morgan fingerprint density at radius 2 is 0.738 bits per heavy atom. The monoisotopic (exact) mass is 672 g/mol. The standard InChI is InChI=1S/3C9H8N2OS2/c3*10-6-3-7(5-1-2-13-4-5)14-8(6)9(11)12/h3*1-4H,10H2,(H2,11,12). The first-order valence-electron chi connectivity index (χ1n) is 11.7. The first-order chi connectivity index (χ1) is 20.0. The molecule has 0 bridgehead atoms. The van der Waals surface area contributed by atoms with Crippen molar-refractivity contribution in [1.29, 1.82) is 0 Å². The maximum absolute atomic E-state index is 11.0. The summed E-state index contributed by atoms with van der Waals surface area (Å²) in [6.07, 6.45) is 0. The highest BCUT2D eigenvalue weighted by Crippen LogP contribution is 2.35. The summed E-state index contributed by atoms with van der Waals surface area (Å²) >= 11 is 8.82. The Morgan fingerprint density at radius 3 is 0.905 bits per heavy atom. The van der Waals surface area contributed by atoms with Gasteiger partial charge in [0.2, 0.25) is 0 Å². The summed E-state index contributed by atoms with van der Waals surface area (Å²) in [4.78, 5) is 37.1. The number of thiophene rings is 6. The highest BCUT2D eigenvalue weighted by atomic mass is 32.1. The molecule has 6 rings (SSSR count). The molecule has 42 heavy (non-hydrogen) atoms. The number of hydrogen-bond acceptors (Lipinski definition) is 12. The maximum Gasteiger partial charge on any atom is 0.260 e. The fourth-order valence-electron chi connectivity index (χ4n) is 3.43. The van der Waals surface area contributed by atoms with E-state index in [0.29, 0.717) is 31.7 Å². The Hall–Kier alpha value is -3.99. The molecule has 0 atom stereocenters. The number of anilines is 3. The molecule has 6 aromatic rings. The summed E-state index contributed by atoms with van der Waals surface area (Å²) in [6, 6.07) is 11.3. The number of nitrogen functional groups attached to an aromatic ring is 3. The second-order valence-electron chi connectivity index (χ2n) is 8.31. The van der Waals surface area contributed by atoms with Gasteiger partial charge in [-0.15, -0.1) is 34.0 Å². The van der Waals surface area contributed by atoms with E-state index in [2.05, 4.69) is 0 Å². The van der Waals surface area contributed by atoms with Crippen LogP contribution in [0.15, 0.2) is 68.7 Å². The van der Waals surface area contributed by atoms with Crippen LogP contribution in [0, 0.1) is 0 Å². The average Bonchev–Trinajstić information content (AvgIpc) is 3.76. The van der Waals surface area contributed by atoms with E-state index in [9.17, 15) is 14.4 Å². The van der Waals surface area contributed by atoms with Crippen molar-refractivity contribution in [1.82, 2.24) is 0 Å². The normalized spacial score (nSPS) is 10.3. The lowest BCUT2D eigenvalue weighted by Crippen LogP contribution is -2.10. The number of rotatable bonds is 6. The molecule has 0 spiro atoms. The van der Waals surface area contributed by atoms with Crippen molar-refractivity contribution >= 4 is 103 Å². The molecule has 9 nitrogen and oxygen atoms in total. The molecule has 216 valence electrons. The summed E-state index contributed by atoms with van der Waals surface area (Å²) in [5, 5.41) is 12.0. The van der Waals surface area contributed by atoms with Crippen LogP contribution in [0.1, 0.15) is 29.0 Å². The number of carbonyl (C=O) groups excluding carboxylic acids is 3. The Balaban J connectivity index is 0.000000145. The molecule has 12 N–H and O–H groups in total. The molecule has 15 heteroatoms. The minimum atomic E-state index is -0.464. The summed E-state index contributed by atoms with van der Waals surface area (Å²) in [7, 11) is 0. The third-order valence-corrected chi connectivity index (χ3v) is 11.1. The number of primary amides is 3. The molecule has 0 saturated carbocycles. The van der Waals surface area contributed by atoms with Gasteiger partial charge < -0.3 is 34.4 Å². The quantitative estimate of drug-likeness (QED) is 0.117. The summed E-state index contributed by atoms with van der Waals surface area (Å²) in [6.45, 7) is 0. The predicted octanol–water partition coefficient (Wildman–Crippen LogP) is 6.47. The van der Waals surface area contributed by atoms with Gasteiger partial charge in [0.15, 0.2) is 0 Å². The van der Waals surface area contributed by atoms with Crippen molar-refractivity contribution < 1.29 is 14.4 Å². The highest BCUT2D eigenvalue weighted by Gasteiger charge is 2.14. The lowest BCUT2D eigenvalue weighted by Gasteiger charge is -1.88. The van der Waals surface area contributed by atoms with Gasteiger partial charge in [0.1, 0.15) is 14.6 Å². The molecular weight excluding hydrogens is 649 g/mol. The largest absolute Gasteiger partial charge is 0.397 e. The van der Waals surface area contributed by atoms with E-state index in [1.807, 2.05) is 50.5 Å². The van der Waals surface area contributed by atoms with Crippen molar-refractivity contribution in [3.05, 3.63) is 83.3 Å². The van der Waals surface area contributed by atoms with Gasteiger partial charge in [-0.3, -0.25) is 14.4 Å². The molecule has 0 aliphatic heterocycles. The summed E-state index contributed by atoms with van der Waals surface area (Å²) < 4.78 is 0. The Morgan fingerprint density at radius 1 is 0.476 bits per heavy atom. The van der Waals surface area contributed by atoms with Gasteiger partial charge in [0, 0.05) is 31.3 Å². The Labute approximate surface area is 264 Å². The van der Waals surface area contributed by atoms with E-state index in [4.69, 9.17) is 34.4 Å². The molecule has 0 radical (unpaired) electrons. The average molecular weight is 673 g/mol. The molecule has 0 unspecified atom stereocenters. The minimum absolute atomic E-state index is 0.436. The number of amides is 3. The molecule has 0 aliphatic rings. The van der Waals surface area contributed by atoms with Gasteiger partial charge >= 0.3 is 0 Å². The summed E-state index contributed by atoms with van der Waals surface area (Å²) in [5.74, 6) is -1.39. The van der Waals surface area contributed by atoms with E-state index in [-0.39, 0.29) is 0 Å². The summed E-state index contributed by atoms with van der Waals surface area (Å²) in [5.41, 5.74) is 37.1. The fraction of sp³-hybridized carbons (Fsp3) is 0. The van der Waals surface area contributed by atoms with Crippen LogP contribution in [0.5, 0.6) is 0 Å². The van der Waals surface area contributed by atoms with Crippen molar-refractivity contribution in [2.45, 2.75) is 0 Å². The third-order valence-electron chi connectivity index (χ3n) is 5.37. The Kier molecular flexibility index (Phi) is 10.2. The Bertz CT molecular complexity index is 1590. The van der Waals surface area contributed by atoms with Crippen LogP contribution in [-0.2, 0) is 0 Å². The third kappa shape index (κ3) is 7.44. The van der Waals surface area contributed by atoms with Crippen molar-refractivity contribution in [3.63, 3.8) is 0 Å². The van der Waals surface area contributed by atoms with Gasteiger partial charge in [0.05, 0.1) is 17.1 Å². The lowest BCUT2D eigenvalue weighted by atomic mass is 10.2. The van der Waals surface area contributed by atoms with E-state index < -0.39 is 17.7 Å². The van der Waals surface area contributed by atoms with Crippen LogP contribution in [0.25, 0.3) is 31.3 Å². The fourth-order valence-corrected chi connectivity index (χ4v) is 8.41. The molecular formula is C27H24N6O3S6. The van der Waals surface area contributed by atoms with E-state index in [1.54, 1.807) is 52.2 Å². The molecule has 3 amide bonds. The van der Waals surface area contributed by atoms with E-state index in [1.165, 1.54) is 34.0 Å². The second kappa shape index (κ2) is 13.8. The van der Waals surface area contributed by atoms with Gasteiger partial charge in [-0.05, 0) is 68.7 Å². The van der Waals surface area contributed by atoms with Gasteiger partial charge in [-0.1, -0.05) is 0 Å². The number of hydrogen-bond donors (Lipinski definition) is 6. The zero-order valence-electron chi connectivity index (χ0n) is 21.6. The van der Waals surface area contributed by atoms with E-state index >= 15 is 0 Å². The van der Waals surface area contributed by atoms with Crippen LogP contribution in [0.3, 0.4) is 0 Å². The van der Waals surface area contributed by atoms with Crippen LogP contribution >= 0.6 is 68.0 Å². The molecule has 0 saturated heterocycles. The highest BCUT2D eigenvalue weighted by molar-refractivity contribution is 7.19. The van der Waals surface area contributed by atoms with Gasteiger partial charge in [-0.25, -0.2) is 0 Å². The van der Waals surface area contributed by atoms with Gasteiger partial charge in [-0.2, -0.15) is 34.0 Å². The van der Waals surface area contributed by atoms with Crippen LogP contribution in [-0.4, -0.2) is 17.7 Å². The topological polar surface area (TPSA) is 207 Å². The van der Waals surface area contributed by atoms with Crippen molar-refractivity contribution in [3.8, 4) is 31.3 Å². The SMILES string of the molecule is NC(=O)c1sc(-c2ccsc2)cc1N.NC(=O)c1sc(-c2ccsc2)cc1N.NC(=O)c1sc(-c2ccsc2)cc1N. The number of nitrogens with two attached hydrogens (primary N) is 6. The molecule has 0 aliphatic carbocycles. The van der Waals surface area contributed by atoms with Crippen molar-refractivity contribution in [2.24, 2.45) is 17.2 Å². The van der Waals surface area contributed by atoms with Crippen LogP contribution in [0.4, 0.5) is 17.1 Å². The van der Waals surface area contributed by atoms with Crippen LogP contribution in [0.2, 0.25) is 0 Å². The lowest BCUT2D eigenvalue weighted by molar-refractivity contribution is 0.0996. The second-order valence-corrected chi connectivity index (χ2v) is 13.8. The zero-order valence-corrected chi connectivity index (χ0v) is 26.5.